The van der Waals surface area contributed by atoms with Crippen molar-refractivity contribution in [1.82, 2.24) is 0 Å². The molecule has 2 fully saturated rings. The monoisotopic (exact) mass is 402 g/mol. The van der Waals surface area contributed by atoms with E-state index in [0.717, 1.165) is 49.3 Å². The molecule has 2 aliphatic carbocycles. The highest BCUT2D eigenvalue weighted by molar-refractivity contribution is 5.91. The van der Waals surface area contributed by atoms with Gasteiger partial charge in [0, 0.05) is 6.07 Å². The van der Waals surface area contributed by atoms with Gasteiger partial charge >= 0.3 is 5.97 Å². The van der Waals surface area contributed by atoms with Crippen LogP contribution < -0.4 is 4.74 Å². The summed E-state index contributed by atoms with van der Waals surface area (Å²) in [5, 5.41) is 0. The summed E-state index contributed by atoms with van der Waals surface area (Å²) < 4.78 is 46.1. The normalized spacial score (nSPS) is 26.6. The largest absolute Gasteiger partial charge is 0.423 e. The fraction of sp³-hybridized carbons (Fsp3) is 0.458. The molecule has 154 valence electrons. The van der Waals surface area contributed by atoms with Crippen LogP contribution in [0.3, 0.4) is 0 Å². The molecule has 2 nitrogen and oxygen atoms in total. The lowest BCUT2D eigenvalue weighted by Crippen LogP contribution is -2.30. The van der Waals surface area contributed by atoms with E-state index in [0.29, 0.717) is 11.5 Å². The number of hydrogen-bond donors (Lipinski definition) is 0. The van der Waals surface area contributed by atoms with E-state index in [4.69, 9.17) is 4.74 Å². The van der Waals surface area contributed by atoms with Crippen LogP contribution >= 0.6 is 0 Å². The lowest BCUT2D eigenvalue weighted by atomic mass is 9.64. The highest BCUT2D eigenvalue weighted by atomic mass is 19.2. The molecule has 0 amide bonds. The Morgan fingerprint density at radius 2 is 1.62 bits per heavy atom. The maximum absolute atomic E-state index is 14.8. The lowest BCUT2D eigenvalue weighted by molar-refractivity contribution is 0.0733. The molecular formula is C24H25F3O2. The Labute approximate surface area is 169 Å². The van der Waals surface area contributed by atoms with Gasteiger partial charge in [-0.3, -0.25) is 0 Å². The first kappa shape index (κ1) is 20.0. The Hall–Kier alpha value is -2.30. The molecular weight excluding hydrogens is 377 g/mol. The summed E-state index contributed by atoms with van der Waals surface area (Å²) in [5.41, 5.74) is 0.711. The van der Waals surface area contributed by atoms with Crippen molar-refractivity contribution in [3.05, 3.63) is 65.0 Å². The number of benzene rings is 2. The summed E-state index contributed by atoms with van der Waals surface area (Å²) in [6, 6.07) is 7.24. The highest BCUT2D eigenvalue weighted by Gasteiger charge is 2.35. The van der Waals surface area contributed by atoms with Gasteiger partial charge in [0.15, 0.2) is 11.6 Å². The van der Waals surface area contributed by atoms with E-state index in [1.54, 1.807) is 12.1 Å². The molecule has 2 aliphatic rings. The van der Waals surface area contributed by atoms with Crippen LogP contribution in [0.1, 0.15) is 67.3 Å². The van der Waals surface area contributed by atoms with Crippen LogP contribution in [0.4, 0.5) is 13.2 Å². The Balaban J connectivity index is 1.45. The molecule has 0 heterocycles. The molecule has 5 heteroatoms. The van der Waals surface area contributed by atoms with Crippen molar-refractivity contribution in [3.8, 4) is 5.75 Å². The van der Waals surface area contributed by atoms with Crippen LogP contribution in [0.15, 0.2) is 36.4 Å². The Bertz CT molecular complexity index is 911. The minimum Gasteiger partial charge on any atom is -0.423 e. The van der Waals surface area contributed by atoms with Gasteiger partial charge in [0.25, 0.3) is 0 Å². The first-order valence-electron chi connectivity index (χ1n) is 10.4. The number of hydrogen-bond acceptors (Lipinski definition) is 2. The zero-order chi connectivity index (χ0) is 20.5. The van der Waals surface area contributed by atoms with E-state index in [1.165, 1.54) is 25.3 Å². The third-order valence-electron chi connectivity index (χ3n) is 6.65. The van der Waals surface area contributed by atoms with Gasteiger partial charge in [-0.15, -0.1) is 0 Å². The van der Waals surface area contributed by atoms with Crippen molar-refractivity contribution in [2.45, 2.75) is 51.4 Å². The molecule has 0 aliphatic heterocycles. The number of ether oxygens (including phenoxy) is 1. The van der Waals surface area contributed by atoms with Gasteiger partial charge in [-0.1, -0.05) is 19.4 Å². The quantitative estimate of drug-likeness (QED) is 0.425. The zero-order valence-electron chi connectivity index (χ0n) is 16.5. The number of rotatable bonds is 3. The molecule has 2 saturated carbocycles. The maximum Gasteiger partial charge on any atom is 0.343 e. The lowest BCUT2D eigenvalue weighted by Gasteiger charge is -2.41. The fourth-order valence-electron chi connectivity index (χ4n) is 5.10. The van der Waals surface area contributed by atoms with Crippen molar-refractivity contribution in [3.63, 3.8) is 0 Å². The minimum atomic E-state index is -1.11. The summed E-state index contributed by atoms with van der Waals surface area (Å²) in [5.74, 6) is -1.05. The molecule has 2 aromatic rings. The average molecular weight is 402 g/mol. The number of halogens is 3. The van der Waals surface area contributed by atoms with Gasteiger partial charge < -0.3 is 4.74 Å². The van der Waals surface area contributed by atoms with Gasteiger partial charge in [-0.25, -0.2) is 18.0 Å². The first-order valence-corrected chi connectivity index (χ1v) is 10.4. The number of esters is 1. The predicted molar refractivity (Wildman–Crippen MR) is 104 cm³/mol. The summed E-state index contributed by atoms with van der Waals surface area (Å²) >= 11 is 0. The molecule has 0 N–H and O–H groups in total. The smallest absolute Gasteiger partial charge is 0.343 e. The molecule has 29 heavy (non-hydrogen) atoms. The molecule has 4 rings (SSSR count). The summed E-state index contributed by atoms with van der Waals surface area (Å²) in [6.45, 7) is 2.32. The van der Waals surface area contributed by atoms with Crippen LogP contribution in [0.25, 0.3) is 0 Å². The number of carbonyl (C=O) groups excluding carboxylic acids is 1. The van der Waals surface area contributed by atoms with Gasteiger partial charge in [0.05, 0.1) is 5.56 Å². The number of fused-ring (bicyclic) bond motifs is 1. The Morgan fingerprint density at radius 3 is 2.38 bits per heavy atom. The van der Waals surface area contributed by atoms with E-state index in [-0.39, 0.29) is 17.2 Å². The molecule has 4 unspecified atom stereocenters. The second kappa shape index (κ2) is 8.21. The van der Waals surface area contributed by atoms with Gasteiger partial charge in [-0.05, 0) is 85.6 Å². The minimum absolute atomic E-state index is 0.0520. The van der Waals surface area contributed by atoms with Gasteiger partial charge in [0.2, 0.25) is 0 Å². The maximum atomic E-state index is 14.8. The summed E-state index contributed by atoms with van der Waals surface area (Å²) in [6.07, 6.45) is 6.89. The second-order valence-electron chi connectivity index (χ2n) is 8.65. The predicted octanol–water partition coefficient (Wildman–Crippen LogP) is 6.64. The third kappa shape index (κ3) is 4.34. The molecule has 0 spiro atoms. The summed E-state index contributed by atoms with van der Waals surface area (Å²) in [7, 11) is 0. The zero-order valence-corrected chi connectivity index (χ0v) is 16.5. The number of carbonyl (C=O) groups is 1. The van der Waals surface area contributed by atoms with E-state index in [1.807, 2.05) is 0 Å². The van der Waals surface area contributed by atoms with Crippen LogP contribution in [-0.2, 0) is 0 Å². The average Bonchev–Trinajstić information content (AvgIpc) is 2.70. The van der Waals surface area contributed by atoms with E-state index in [9.17, 15) is 18.0 Å². The molecule has 4 atom stereocenters. The van der Waals surface area contributed by atoms with Crippen LogP contribution in [0, 0.1) is 35.2 Å². The molecule has 2 aromatic carbocycles. The van der Waals surface area contributed by atoms with Crippen LogP contribution in [0.2, 0.25) is 0 Å². The van der Waals surface area contributed by atoms with E-state index < -0.39 is 23.4 Å². The molecule has 0 aromatic heterocycles. The van der Waals surface area contributed by atoms with Crippen LogP contribution in [-0.4, -0.2) is 5.97 Å². The van der Waals surface area contributed by atoms with E-state index >= 15 is 0 Å². The molecule has 0 bridgehead atoms. The SMILES string of the molecule is CC1CCC2CC(c3ccc(C(=O)Oc4ccc(F)c(F)c4)cc3F)CCC2C1. The van der Waals surface area contributed by atoms with Crippen molar-refractivity contribution in [2.75, 3.05) is 0 Å². The Kier molecular flexibility index (Phi) is 5.66. The topological polar surface area (TPSA) is 26.3 Å². The van der Waals surface area contributed by atoms with Gasteiger partial charge in [-0.2, -0.15) is 0 Å². The Morgan fingerprint density at radius 1 is 0.862 bits per heavy atom. The van der Waals surface area contributed by atoms with Crippen molar-refractivity contribution < 1.29 is 22.7 Å². The molecule has 0 saturated heterocycles. The van der Waals surface area contributed by atoms with E-state index in [2.05, 4.69) is 6.92 Å². The highest BCUT2D eigenvalue weighted by Crippen LogP contribution is 2.47. The molecule has 0 radical (unpaired) electrons. The summed E-state index contributed by atoms with van der Waals surface area (Å²) in [4.78, 5) is 12.3. The second-order valence-corrected chi connectivity index (χ2v) is 8.65. The first-order chi connectivity index (χ1) is 13.9. The standard InChI is InChI=1S/C24H25F3O2/c1-14-2-3-16-11-17(5-4-15(16)10-14)20-8-6-18(12-22(20)26)24(28)29-19-7-9-21(25)23(27)13-19/h6-9,12-17H,2-5,10-11H2,1H3. The van der Waals surface area contributed by atoms with Crippen LogP contribution in [0.5, 0.6) is 5.75 Å². The van der Waals surface area contributed by atoms with Crippen molar-refractivity contribution in [1.29, 1.82) is 0 Å². The van der Waals surface area contributed by atoms with Gasteiger partial charge in [0.1, 0.15) is 11.6 Å². The fourth-order valence-corrected chi connectivity index (χ4v) is 5.10. The van der Waals surface area contributed by atoms with Crippen molar-refractivity contribution >= 4 is 5.97 Å². The van der Waals surface area contributed by atoms with Crippen molar-refractivity contribution in [2.24, 2.45) is 17.8 Å². The third-order valence-corrected chi connectivity index (χ3v) is 6.65.